The van der Waals surface area contributed by atoms with Gasteiger partial charge >= 0.3 is 5.97 Å². The molecule has 0 spiro atoms. The van der Waals surface area contributed by atoms with E-state index >= 15 is 0 Å². The van der Waals surface area contributed by atoms with Crippen LogP contribution in [0.15, 0.2) is 60.7 Å². The van der Waals surface area contributed by atoms with Crippen molar-refractivity contribution in [3.8, 4) is 0 Å². The van der Waals surface area contributed by atoms with Gasteiger partial charge in [0.05, 0.1) is 18.7 Å². The highest BCUT2D eigenvalue weighted by Gasteiger charge is 2.17. The van der Waals surface area contributed by atoms with Gasteiger partial charge in [0.15, 0.2) is 5.13 Å². The van der Waals surface area contributed by atoms with Gasteiger partial charge in [-0.1, -0.05) is 48.5 Å². The first-order valence-electron chi connectivity index (χ1n) is 8.18. The van der Waals surface area contributed by atoms with Crippen LogP contribution in [0.5, 0.6) is 0 Å². The van der Waals surface area contributed by atoms with Crippen molar-refractivity contribution in [2.24, 2.45) is 0 Å². The van der Waals surface area contributed by atoms with Gasteiger partial charge in [0, 0.05) is 10.6 Å². The number of rotatable bonds is 7. The number of aryl methyl sites for hydroxylation is 2. The number of nitrogens with zero attached hydrogens (tertiary/aromatic N) is 2. The first kappa shape index (κ1) is 17.2. The fraction of sp³-hybridized carbons (Fsp3) is 0.200. The highest BCUT2D eigenvalue weighted by atomic mass is 32.1. The lowest BCUT2D eigenvalue weighted by Gasteiger charge is -2.22. The van der Waals surface area contributed by atoms with Crippen molar-refractivity contribution >= 4 is 28.1 Å². The Labute approximate surface area is 151 Å². The van der Waals surface area contributed by atoms with Crippen LogP contribution in [-0.4, -0.2) is 16.1 Å². The van der Waals surface area contributed by atoms with E-state index in [2.05, 4.69) is 29.2 Å². The van der Waals surface area contributed by atoms with E-state index in [1.807, 2.05) is 43.3 Å². The van der Waals surface area contributed by atoms with Crippen LogP contribution >= 0.6 is 11.3 Å². The molecule has 0 aliphatic rings. The summed E-state index contributed by atoms with van der Waals surface area (Å²) in [6.45, 7) is 2.67. The molecule has 1 heterocycles. The number of aromatic nitrogens is 1. The molecule has 0 unspecified atom stereocenters. The number of benzene rings is 2. The van der Waals surface area contributed by atoms with Gasteiger partial charge in [0.2, 0.25) is 0 Å². The van der Waals surface area contributed by atoms with Crippen LogP contribution in [0.3, 0.4) is 0 Å². The molecule has 25 heavy (non-hydrogen) atoms. The number of carboxylic acid groups (broad SMARTS) is 1. The van der Waals surface area contributed by atoms with Crippen LogP contribution in [0.1, 0.15) is 22.6 Å². The van der Waals surface area contributed by atoms with Crippen LogP contribution < -0.4 is 4.90 Å². The minimum atomic E-state index is -0.779. The molecule has 0 aliphatic carbocycles. The van der Waals surface area contributed by atoms with E-state index in [9.17, 15) is 4.79 Å². The number of aliphatic carboxylic acids is 1. The van der Waals surface area contributed by atoms with Crippen LogP contribution in [0, 0.1) is 6.92 Å². The Balaban J connectivity index is 1.92. The van der Waals surface area contributed by atoms with E-state index in [0.29, 0.717) is 6.42 Å². The fourth-order valence-electron chi connectivity index (χ4n) is 2.62. The molecule has 0 bridgehead atoms. The van der Waals surface area contributed by atoms with Gasteiger partial charge in [-0.15, -0.1) is 11.3 Å². The van der Waals surface area contributed by atoms with E-state index in [-0.39, 0.29) is 6.42 Å². The molecule has 3 aromatic rings. The maximum atomic E-state index is 10.9. The van der Waals surface area contributed by atoms with Crippen molar-refractivity contribution in [1.29, 1.82) is 0 Å². The highest BCUT2D eigenvalue weighted by Crippen LogP contribution is 2.33. The van der Waals surface area contributed by atoms with Crippen molar-refractivity contribution in [2.75, 3.05) is 4.90 Å². The number of hydrogen-bond donors (Lipinski definition) is 1. The zero-order valence-corrected chi connectivity index (χ0v) is 14.9. The predicted molar refractivity (Wildman–Crippen MR) is 102 cm³/mol. The Bertz CT molecular complexity index is 831. The molecule has 0 atom stereocenters. The molecule has 4 nitrogen and oxygen atoms in total. The smallest absolute Gasteiger partial charge is 0.303 e. The van der Waals surface area contributed by atoms with Crippen molar-refractivity contribution in [2.45, 2.75) is 26.3 Å². The SMILES string of the molecule is Cc1nc(N(Cc2ccccc2)c2ccccc2)sc1CCC(=O)O. The molecule has 0 saturated carbocycles. The first-order chi connectivity index (χ1) is 12.1. The maximum absolute atomic E-state index is 10.9. The fourth-order valence-corrected chi connectivity index (χ4v) is 3.70. The molecule has 0 radical (unpaired) electrons. The third-order valence-corrected chi connectivity index (χ3v) is 5.17. The zero-order valence-electron chi connectivity index (χ0n) is 14.1. The molecule has 0 amide bonds. The number of carboxylic acids is 1. The van der Waals surface area contributed by atoms with Crippen LogP contribution in [0.25, 0.3) is 0 Å². The monoisotopic (exact) mass is 352 g/mol. The molecule has 5 heteroatoms. The summed E-state index contributed by atoms with van der Waals surface area (Å²) in [5.74, 6) is -0.779. The second-order valence-electron chi connectivity index (χ2n) is 5.81. The third-order valence-electron chi connectivity index (χ3n) is 3.93. The van der Waals surface area contributed by atoms with Gasteiger partial charge in [-0.3, -0.25) is 4.79 Å². The molecule has 128 valence electrons. The average Bonchev–Trinajstić information content (AvgIpc) is 3.00. The van der Waals surface area contributed by atoms with Gasteiger partial charge < -0.3 is 10.0 Å². The Morgan fingerprint density at radius 1 is 1.08 bits per heavy atom. The summed E-state index contributed by atoms with van der Waals surface area (Å²) >= 11 is 1.58. The van der Waals surface area contributed by atoms with Crippen LogP contribution in [0.4, 0.5) is 10.8 Å². The maximum Gasteiger partial charge on any atom is 0.303 e. The molecule has 0 saturated heterocycles. The Hall–Kier alpha value is -2.66. The topological polar surface area (TPSA) is 53.4 Å². The van der Waals surface area contributed by atoms with Gasteiger partial charge in [-0.2, -0.15) is 0 Å². The zero-order chi connectivity index (χ0) is 17.6. The van der Waals surface area contributed by atoms with Crippen LogP contribution in [-0.2, 0) is 17.8 Å². The van der Waals surface area contributed by atoms with Gasteiger partial charge in [0.1, 0.15) is 0 Å². The number of thiazole rings is 1. The standard InChI is InChI=1S/C20H20N2O2S/c1-15-18(12-13-19(23)24)25-20(21-15)22(17-10-6-3-7-11-17)14-16-8-4-2-5-9-16/h2-11H,12-14H2,1H3,(H,23,24). The Morgan fingerprint density at radius 3 is 2.36 bits per heavy atom. The number of carbonyl (C=O) groups is 1. The summed E-state index contributed by atoms with van der Waals surface area (Å²) in [4.78, 5) is 18.8. The lowest BCUT2D eigenvalue weighted by atomic mass is 10.2. The number of para-hydroxylation sites is 1. The first-order valence-corrected chi connectivity index (χ1v) is 9.00. The largest absolute Gasteiger partial charge is 0.481 e. The van der Waals surface area contributed by atoms with E-state index in [1.165, 1.54) is 5.56 Å². The predicted octanol–water partition coefficient (Wildman–Crippen LogP) is 4.81. The molecule has 1 N–H and O–H groups in total. The lowest BCUT2D eigenvalue weighted by molar-refractivity contribution is -0.136. The van der Waals surface area contributed by atoms with Gasteiger partial charge in [0.25, 0.3) is 0 Å². The van der Waals surface area contributed by atoms with Gasteiger partial charge in [-0.25, -0.2) is 4.98 Å². The minimum absolute atomic E-state index is 0.131. The van der Waals surface area contributed by atoms with E-state index < -0.39 is 5.97 Å². The number of anilines is 2. The highest BCUT2D eigenvalue weighted by molar-refractivity contribution is 7.15. The van der Waals surface area contributed by atoms with E-state index in [4.69, 9.17) is 10.1 Å². The molecular weight excluding hydrogens is 332 g/mol. The van der Waals surface area contributed by atoms with Crippen molar-refractivity contribution in [3.63, 3.8) is 0 Å². The molecule has 3 rings (SSSR count). The summed E-state index contributed by atoms with van der Waals surface area (Å²) in [6.07, 6.45) is 0.652. The molecular formula is C20H20N2O2S. The summed E-state index contributed by atoms with van der Waals surface area (Å²) in [5, 5.41) is 9.82. The summed E-state index contributed by atoms with van der Waals surface area (Å²) < 4.78 is 0. The van der Waals surface area contributed by atoms with Crippen molar-refractivity contribution in [3.05, 3.63) is 76.8 Å². The summed E-state index contributed by atoms with van der Waals surface area (Å²) in [5.41, 5.74) is 3.19. The van der Waals surface area contributed by atoms with Crippen LogP contribution in [0.2, 0.25) is 0 Å². The number of hydrogen-bond acceptors (Lipinski definition) is 4. The quantitative estimate of drug-likeness (QED) is 0.663. The minimum Gasteiger partial charge on any atom is -0.481 e. The van der Waals surface area contributed by atoms with Crippen molar-refractivity contribution < 1.29 is 9.90 Å². The summed E-state index contributed by atoms with van der Waals surface area (Å²) in [7, 11) is 0. The Kier molecular flexibility index (Phi) is 5.46. The molecule has 2 aromatic carbocycles. The molecule has 0 fully saturated rings. The third kappa shape index (κ3) is 4.45. The Morgan fingerprint density at radius 2 is 1.72 bits per heavy atom. The van der Waals surface area contributed by atoms with E-state index in [1.54, 1.807) is 11.3 Å². The van der Waals surface area contributed by atoms with Crippen molar-refractivity contribution in [1.82, 2.24) is 4.98 Å². The second kappa shape index (κ2) is 7.94. The van der Waals surface area contributed by atoms with E-state index in [0.717, 1.165) is 27.9 Å². The lowest BCUT2D eigenvalue weighted by Crippen LogP contribution is -2.16. The molecule has 0 aliphatic heterocycles. The normalized spacial score (nSPS) is 10.6. The average molecular weight is 352 g/mol. The molecule has 1 aromatic heterocycles. The summed E-state index contributed by atoms with van der Waals surface area (Å²) in [6, 6.07) is 20.4. The second-order valence-corrected chi connectivity index (χ2v) is 6.87. The van der Waals surface area contributed by atoms with Gasteiger partial charge in [-0.05, 0) is 31.0 Å².